The van der Waals surface area contributed by atoms with E-state index in [-0.39, 0.29) is 5.82 Å². The van der Waals surface area contributed by atoms with Gasteiger partial charge in [-0.1, -0.05) is 24.3 Å². The van der Waals surface area contributed by atoms with Crippen LogP contribution in [0.2, 0.25) is 0 Å². The summed E-state index contributed by atoms with van der Waals surface area (Å²) in [7, 11) is 0. The summed E-state index contributed by atoms with van der Waals surface area (Å²) in [6.45, 7) is 1.35. The van der Waals surface area contributed by atoms with Gasteiger partial charge in [-0.25, -0.2) is 4.39 Å². The Morgan fingerprint density at radius 2 is 1.81 bits per heavy atom. The number of halogens is 2. The highest BCUT2D eigenvalue weighted by Crippen LogP contribution is 2.26. The Morgan fingerprint density at radius 3 is 2.52 bits per heavy atom. The van der Waals surface area contributed by atoms with E-state index < -0.39 is 0 Å². The highest BCUT2D eigenvalue weighted by molar-refractivity contribution is 9.10. The van der Waals surface area contributed by atoms with E-state index in [2.05, 4.69) is 45.5 Å². The largest absolute Gasteiger partial charge is 0.488 e. The molecule has 1 aliphatic rings. The first-order valence-corrected chi connectivity index (χ1v) is 7.89. The van der Waals surface area contributed by atoms with Gasteiger partial charge in [-0.2, -0.15) is 0 Å². The Labute approximate surface area is 132 Å². The summed E-state index contributed by atoms with van der Waals surface area (Å²) in [5.74, 6) is 0.226. The van der Waals surface area contributed by atoms with Crippen LogP contribution in [0.4, 0.5) is 4.39 Å². The maximum atomic E-state index is 13.2. The van der Waals surface area contributed by atoms with Gasteiger partial charge in [0.1, 0.15) is 18.2 Å². The third-order valence-corrected chi connectivity index (χ3v) is 4.14. The zero-order valence-corrected chi connectivity index (χ0v) is 13.2. The molecule has 1 saturated carbocycles. The fourth-order valence-electron chi connectivity index (χ4n) is 2.05. The molecule has 1 N–H and O–H groups in total. The summed E-state index contributed by atoms with van der Waals surface area (Å²) < 4.78 is 19.6. The number of hydrogen-bond acceptors (Lipinski definition) is 2. The first-order chi connectivity index (χ1) is 10.2. The molecule has 2 aromatic carbocycles. The predicted molar refractivity (Wildman–Crippen MR) is 84.7 cm³/mol. The predicted octanol–water partition coefficient (Wildman–Crippen LogP) is 4.42. The van der Waals surface area contributed by atoms with Crippen LogP contribution in [0.5, 0.6) is 5.75 Å². The molecule has 0 saturated heterocycles. The average molecular weight is 350 g/mol. The van der Waals surface area contributed by atoms with Crippen molar-refractivity contribution in [2.75, 3.05) is 0 Å². The van der Waals surface area contributed by atoms with E-state index in [0.29, 0.717) is 12.4 Å². The second kappa shape index (κ2) is 6.58. The molecule has 1 fully saturated rings. The number of benzene rings is 2. The van der Waals surface area contributed by atoms with Crippen molar-refractivity contribution in [1.82, 2.24) is 5.32 Å². The molecule has 3 rings (SSSR count). The van der Waals surface area contributed by atoms with E-state index in [1.165, 1.54) is 30.5 Å². The minimum Gasteiger partial charge on any atom is -0.488 e. The smallest absolute Gasteiger partial charge is 0.136 e. The number of nitrogens with one attached hydrogen (secondary N) is 1. The van der Waals surface area contributed by atoms with Crippen LogP contribution >= 0.6 is 15.9 Å². The van der Waals surface area contributed by atoms with Crippen molar-refractivity contribution < 1.29 is 9.13 Å². The second-order valence-corrected chi connectivity index (χ2v) is 6.19. The Bertz CT molecular complexity index is 611. The van der Waals surface area contributed by atoms with Crippen LogP contribution in [0.3, 0.4) is 0 Å². The first kappa shape index (κ1) is 14.5. The van der Waals surface area contributed by atoms with Crippen LogP contribution in [0, 0.1) is 5.82 Å². The molecule has 110 valence electrons. The molecule has 1 aliphatic carbocycles. The van der Waals surface area contributed by atoms with Crippen LogP contribution < -0.4 is 10.1 Å². The van der Waals surface area contributed by atoms with Gasteiger partial charge in [0.05, 0.1) is 4.47 Å². The van der Waals surface area contributed by atoms with E-state index in [9.17, 15) is 4.39 Å². The molecule has 4 heteroatoms. The van der Waals surface area contributed by atoms with Crippen LogP contribution in [-0.4, -0.2) is 6.04 Å². The van der Waals surface area contributed by atoms with E-state index in [1.54, 1.807) is 6.07 Å². The van der Waals surface area contributed by atoms with Crippen molar-refractivity contribution in [2.24, 2.45) is 0 Å². The van der Waals surface area contributed by atoms with Crippen LogP contribution in [0.1, 0.15) is 24.0 Å². The Balaban J connectivity index is 1.55. The van der Waals surface area contributed by atoms with Gasteiger partial charge >= 0.3 is 0 Å². The summed E-state index contributed by atoms with van der Waals surface area (Å²) in [6.07, 6.45) is 2.60. The van der Waals surface area contributed by atoms with E-state index in [4.69, 9.17) is 4.74 Å². The molecule has 0 aliphatic heterocycles. The topological polar surface area (TPSA) is 21.3 Å². The molecule has 0 bridgehead atoms. The van der Waals surface area contributed by atoms with Crippen molar-refractivity contribution in [2.45, 2.75) is 32.0 Å². The van der Waals surface area contributed by atoms with Gasteiger partial charge < -0.3 is 10.1 Å². The monoisotopic (exact) mass is 349 g/mol. The van der Waals surface area contributed by atoms with Crippen molar-refractivity contribution in [3.8, 4) is 5.75 Å². The van der Waals surface area contributed by atoms with Crippen molar-refractivity contribution in [3.05, 3.63) is 63.9 Å². The zero-order chi connectivity index (χ0) is 14.7. The Morgan fingerprint density at radius 1 is 1.10 bits per heavy atom. The Hall–Kier alpha value is -1.39. The van der Waals surface area contributed by atoms with Crippen molar-refractivity contribution in [3.63, 3.8) is 0 Å². The molecule has 0 spiro atoms. The lowest BCUT2D eigenvalue weighted by atomic mass is 10.1. The molecular weight excluding hydrogens is 333 g/mol. The SMILES string of the molecule is Fc1ccc(Br)c(OCc2ccc(CNC3CC3)cc2)c1. The lowest BCUT2D eigenvalue weighted by Gasteiger charge is -2.09. The molecule has 0 radical (unpaired) electrons. The van der Waals surface area contributed by atoms with Crippen LogP contribution in [0.25, 0.3) is 0 Å². The molecule has 0 unspecified atom stereocenters. The molecule has 0 amide bonds. The minimum atomic E-state index is -0.297. The highest BCUT2D eigenvalue weighted by Gasteiger charge is 2.19. The van der Waals surface area contributed by atoms with E-state index >= 15 is 0 Å². The van der Waals surface area contributed by atoms with Gasteiger partial charge in [-0.15, -0.1) is 0 Å². The van der Waals surface area contributed by atoms with E-state index in [0.717, 1.165) is 22.6 Å². The molecule has 0 aromatic heterocycles. The molecule has 21 heavy (non-hydrogen) atoms. The molecule has 0 heterocycles. The molecule has 0 atom stereocenters. The molecule has 2 nitrogen and oxygen atoms in total. The highest BCUT2D eigenvalue weighted by atomic mass is 79.9. The normalized spacial score (nSPS) is 14.2. The summed E-state index contributed by atoms with van der Waals surface area (Å²) in [5, 5.41) is 3.48. The summed E-state index contributed by atoms with van der Waals surface area (Å²) >= 11 is 3.36. The second-order valence-electron chi connectivity index (χ2n) is 5.34. The Kier molecular flexibility index (Phi) is 4.56. The average Bonchev–Trinajstić information content (AvgIpc) is 3.31. The van der Waals surface area contributed by atoms with Crippen LogP contribution in [-0.2, 0) is 13.2 Å². The van der Waals surface area contributed by atoms with Gasteiger partial charge in [-0.3, -0.25) is 0 Å². The van der Waals surface area contributed by atoms with Gasteiger partial charge in [0.25, 0.3) is 0 Å². The lowest BCUT2D eigenvalue weighted by molar-refractivity contribution is 0.302. The van der Waals surface area contributed by atoms with Crippen molar-refractivity contribution in [1.29, 1.82) is 0 Å². The number of hydrogen-bond donors (Lipinski definition) is 1. The maximum Gasteiger partial charge on any atom is 0.136 e. The summed E-state index contributed by atoms with van der Waals surface area (Å²) in [6, 6.07) is 13.5. The maximum absolute atomic E-state index is 13.2. The molecular formula is C17H17BrFNO. The minimum absolute atomic E-state index is 0.297. The van der Waals surface area contributed by atoms with Gasteiger partial charge in [-0.05, 0) is 52.0 Å². The van der Waals surface area contributed by atoms with E-state index in [1.807, 2.05) is 0 Å². The fourth-order valence-corrected chi connectivity index (χ4v) is 2.41. The van der Waals surface area contributed by atoms with Gasteiger partial charge in [0, 0.05) is 18.7 Å². The third-order valence-electron chi connectivity index (χ3n) is 3.48. The fraction of sp³-hybridized carbons (Fsp3) is 0.294. The number of ether oxygens (including phenoxy) is 1. The summed E-state index contributed by atoms with van der Waals surface area (Å²) in [4.78, 5) is 0. The lowest BCUT2D eigenvalue weighted by Crippen LogP contribution is -2.15. The van der Waals surface area contributed by atoms with Gasteiger partial charge in [0.15, 0.2) is 0 Å². The summed E-state index contributed by atoms with van der Waals surface area (Å²) in [5.41, 5.74) is 2.35. The van der Waals surface area contributed by atoms with Gasteiger partial charge in [0.2, 0.25) is 0 Å². The van der Waals surface area contributed by atoms with Crippen LogP contribution in [0.15, 0.2) is 46.9 Å². The zero-order valence-electron chi connectivity index (χ0n) is 11.6. The first-order valence-electron chi connectivity index (χ1n) is 7.10. The molecule has 2 aromatic rings. The quantitative estimate of drug-likeness (QED) is 0.833. The standard InChI is InChI=1S/C17H17BrFNO/c18-16-8-5-14(19)9-17(16)21-11-13-3-1-12(2-4-13)10-20-15-6-7-15/h1-5,8-9,15,20H,6-7,10-11H2. The third kappa shape index (κ3) is 4.29. The number of rotatable bonds is 6. The van der Waals surface area contributed by atoms with Crippen molar-refractivity contribution >= 4 is 15.9 Å².